The monoisotopic (exact) mass is 296 g/mol. The van der Waals surface area contributed by atoms with Crippen molar-refractivity contribution in [2.45, 2.75) is 19.3 Å². The molecule has 1 rings (SSSR count). The third-order valence-corrected chi connectivity index (χ3v) is 2.99. The smallest absolute Gasteiger partial charge is 0.0670 e. The predicted octanol–water partition coefficient (Wildman–Crippen LogP) is 2.81. The highest BCUT2D eigenvalue weighted by Gasteiger charge is 2.05. The van der Waals surface area contributed by atoms with Crippen molar-refractivity contribution in [3.63, 3.8) is 0 Å². The summed E-state index contributed by atoms with van der Waals surface area (Å²) in [6.45, 7) is 0. The molecule has 70 valence electrons. The highest BCUT2D eigenvalue weighted by molar-refractivity contribution is 14.1. The van der Waals surface area contributed by atoms with E-state index in [1.807, 2.05) is 18.2 Å². The molecular formula is C11H9IN2. The molecule has 0 amide bonds. The van der Waals surface area contributed by atoms with E-state index in [1.54, 1.807) is 0 Å². The average molecular weight is 296 g/mol. The van der Waals surface area contributed by atoms with Crippen LogP contribution in [0, 0.1) is 26.2 Å². The molecule has 0 unspecified atom stereocenters. The average Bonchev–Trinajstić information content (AvgIpc) is 2.19. The van der Waals surface area contributed by atoms with Crippen LogP contribution < -0.4 is 0 Å². The summed E-state index contributed by atoms with van der Waals surface area (Å²) >= 11 is 2.23. The number of aryl methyl sites for hydroxylation is 1. The summed E-state index contributed by atoms with van der Waals surface area (Å²) in [5, 5.41) is 17.2. The Morgan fingerprint density at radius 2 is 2.00 bits per heavy atom. The van der Waals surface area contributed by atoms with Crippen LogP contribution in [0.25, 0.3) is 0 Å². The molecule has 0 fully saturated rings. The van der Waals surface area contributed by atoms with E-state index in [4.69, 9.17) is 10.5 Å². The largest absolute Gasteiger partial charge is 0.198 e. The van der Waals surface area contributed by atoms with Crippen molar-refractivity contribution >= 4 is 22.6 Å². The second kappa shape index (κ2) is 5.62. The van der Waals surface area contributed by atoms with Crippen molar-refractivity contribution in [3.05, 3.63) is 32.9 Å². The van der Waals surface area contributed by atoms with Crippen LogP contribution in [0.4, 0.5) is 0 Å². The molecule has 0 aromatic heterocycles. The van der Waals surface area contributed by atoms with Crippen LogP contribution in [-0.2, 0) is 12.8 Å². The van der Waals surface area contributed by atoms with Gasteiger partial charge in [0.05, 0.1) is 18.6 Å². The second-order valence-corrected chi connectivity index (χ2v) is 4.03. The molecule has 1 aromatic rings. The van der Waals surface area contributed by atoms with Gasteiger partial charge in [0.15, 0.2) is 0 Å². The van der Waals surface area contributed by atoms with Gasteiger partial charge in [-0.3, -0.25) is 0 Å². The van der Waals surface area contributed by atoms with E-state index < -0.39 is 0 Å². The maximum Gasteiger partial charge on any atom is 0.0670 e. The standard InChI is InChI=1S/C11H9IN2/c12-11-5-1-3-9(4-2-7-13)10(11)6-8-14/h1,3,5H,2,4,6H2. The van der Waals surface area contributed by atoms with E-state index in [0.29, 0.717) is 12.8 Å². The lowest BCUT2D eigenvalue weighted by atomic mass is 10.0. The maximum absolute atomic E-state index is 8.68. The first-order valence-corrected chi connectivity index (χ1v) is 5.37. The topological polar surface area (TPSA) is 47.6 Å². The lowest BCUT2D eigenvalue weighted by molar-refractivity contribution is 0.981. The van der Waals surface area contributed by atoms with Gasteiger partial charge in [-0.25, -0.2) is 0 Å². The zero-order valence-corrected chi connectivity index (χ0v) is 9.78. The minimum absolute atomic E-state index is 0.430. The fourth-order valence-electron chi connectivity index (χ4n) is 1.31. The van der Waals surface area contributed by atoms with Crippen molar-refractivity contribution < 1.29 is 0 Å². The van der Waals surface area contributed by atoms with E-state index in [0.717, 1.165) is 21.1 Å². The second-order valence-electron chi connectivity index (χ2n) is 2.87. The Morgan fingerprint density at radius 3 is 2.64 bits per heavy atom. The maximum atomic E-state index is 8.68. The van der Waals surface area contributed by atoms with Crippen molar-refractivity contribution in [3.8, 4) is 12.1 Å². The van der Waals surface area contributed by atoms with Gasteiger partial charge in [-0.1, -0.05) is 12.1 Å². The minimum Gasteiger partial charge on any atom is -0.198 e. The van der Waals surface area contributed by atoms with Gasteiger partial charge in [-0.05, 0) is 46.2 Å². The predicted molar refractivity (Wildman–Crippen MR) is 62.4 cm³/mol. The summed E-state index contributed by atoms with van der Waals surface area (Å²) in [5.41, 5.74) is 2.20. The van der Waals surface area contributed by atoms with Gasteiger partial charge in [-0.2, -0.15) is 10.5 Å². The van der Waals surface area contributed by atoms with Crippen LogP contribution in [0.15, 0.2) is 18.2 Å². The molecule has 0 aliphatic heterocycles. The summed E-state index contributed by atoms with van der Waals surface area (Å²) in [6, 6.07) is 10.2. The Morgan fingerprint density at radius 1 is 1.21 bits per heavy atom. The third kappa shape index (κ3) is 2.71. The quantitative estimate of drug-likeness (QED) is 0.805. The summed E-state index contributed by atoms with van der Waals surface area (Å²) in [7, 11) is 0. The summed E-state index contributed by atoms with van der Waals surface area (Å²) in [6.07, 6.45) is 1.68. The SMILES string of the molecule is N#CCCc1cccc(I)c1CC#N. The fraction of sp³-hybridized carbons (Fsp3) is 0.273. The molecule has 0 bridgehead atoms. The summed E-state index contributed by atoms with van der Waals surface area (Å²) in [5.74, 6) is 0. The van der Waals surface area contributed by atoms with E-state index in [1.165, 1.54) is 0 Å². The van der Waals surface area contributed by atoms with Crippen molar-refractivity contribution in [1.82, 2.24) is 0 Å². The Hall–Kier alpha value is -1.07. The van der Waals surface area contributed by atoms with Gasteiger partial charge in [0.1, 0.15) is 0 Å². The molecular weight excluding hydrogens is 287 g/mol. The Balaban J connectivity index is 2.98. The molecule has 2 nitrogen and oxygen atoms in total. The molecule has 3 heteroatoms. The summed E-state index contributed by atoms with van der Waals surface area (Å²) < 4.78 is 1.11. The van der Waals surface area contributed by atoms with Gasteiger partial charge in [0, 0.05) is 9.99 Å². The lowest BCUT2D eigenvalue weighted by Crippen LogP contribution is -1.96. The number of hydrogen-bond acceptors (Lipinski definition) is 2. The van der Waals surface area contributed by atoms with Gasteiger partial charge < -0.3 is 0 Å². The van der Waals surface area contributed by atoms with Crippen LogP contribution in [-0.4, -0.2) is 0 Å². The molecule has 0 N–H and O–H groups in total. The first-order valence-electron chi connectivity index (χ1n) is 4.29. The molecule has 1 aromatic carbocycles. The Bertz CT molecular complexity index is 399. The molecule has 14 heavy (non-hydrogen) atoms. The van der Waals surface area contributed by atoms with E-state index in [-0.39, 0.29) is 0 Å². The van der Waals surface area contributed by atoms with Gasteiger partial charge >= 0.3 is 0 Å². The molecule has 0 aliphatic carbocycles. The van der Waals surface area contributed by atoms with Gasteiger partial charge in [0.25, 0.3) is 0 Å². The lowest BCUT2D eigenvalue weighted by Gasteiger charge is -2.06. The number of rotatable bonds is 3. The highest BCUT2D eigenvalue weighted by Crippen LogP contribution is 2.18. The molecule has 0 radical (unpaired) electrons. The van der Waals surface area contributed by atoms with Crippen molar-refractivity contribution in [1.29, 1.82) is 10.5 Å². The number of nitriles is 2. The van der Waals surface area contributed by atoms with Crippen LogP contribution in [0.5, 0.6) is 0 Å². The van der Waals surface area contributed by atoms with E-state index in [2.05, 4.69) is 34.7 Å². The van der Waals surface area contributed by atoms with Crippen LogP contribution >= 0.6 is 22.6 Å². The molecule has 0 atom stereocenters. The summed E-state index contributed by atoms with van der Waals surface area (Å²) in [4.78, 5) is 0. The number of benzene rings is 1. The zero-order chi connectivity index (χ0) is 10.4. The first-order chi connectivity index (χ1) is 6.79. The van der Waals surface area contributed by atoms with Crippen molar-refractivity contribution in [2.75, 3.05) is 0 Å². The number of nitrogens with zero attached hydrogens (tertiary/aromatic N) is 2. The number of halogens is 1. The van der Waals surface area contributed by atoms with Crippen molar-refractivity contribution in [2.24, 2.45) is 0 Å². The molecule has 0 saturated heterocycles. The highest BCUT2D eigenvalue weighted by atomic mass is 127. The number of hydrogen-bond donors (Lipinski definition) is 0. The molecule has 0 heterocycles. The molecule has 0 spiro atoms. The Labute approximate surface area is 97.3 Å². The van der Waals surface area contributed by atoms with Gasteiger partial charge in [0.2, 0.25) is 0 Å². The fourth-order valence-corrected chi connectivity index (χ4v) is 2.05. The van der Waals surface area contributed by atoms with Crippen LogP contribution in [0.3, 0.4) is 0 Å². The third-order valence-electron chi connectivity index (χ3n) is 1.98. The minimum atomic E-state index is 0.430. The van der Waals surface area contributed by atoms with Crippen LogP contribution in [0.1, 0.15) is 17.5 Å². The molecule has 0 aliphatic rings. The molecule has 0 saturated carbocycles. The Kier molecular flexibility index (Phi) is 4.42. The normalized spacial score (nSPS) is 9.07. The zero-order valence-electron chi connectivity index (χ0n) is 7.63. The van der Waals surface area contributed by atoms with Gasteiger partial charge in [-0.15, -0.1) is 0 Å². The first kappa shape index (κ1) is 11.0. The van der Waals surface area contributed by atoms with E-state index >= 15 is 0 Å². The van der Waals surface area contributed by atoms with E-state index in [9.17, 15) is 0 Å². The van der Waals surface area contributed by atoms with Crippen LogP contribution in [0.2, 0.25) is 0 Å².